The van der Waals surface area contributed by atoms with Crippen LogP contribution in [0.3, 0.4) is 0 Å². The average Bonchev–Trinajstić information content (AvgIpc) is 2.64. The SMILES string of the molecule is [B]c1c2c(cc3c1C(C)C3(C)CN(C)CNCC)N1CC(C)C(C)N(C2)C1. The van der Waals surface area contributed by atoms with E-state index in [4.69, 9.17) is 7.85 Å². The Labute approximate surface area is 166 Å². The van der Waals surface area contributed by atoms with Crippen LogP contribution in [0.2, 0.25) is 0 Å². The molecule has 27 heavy (non-hydrogen) atoms. The number of hydrogen-bond donors (Lipinski definition) is 1. The van der Waals surface area contributed by atoms with E-state index in [0.29, 0.717) is 17.9 Å². The number of benzene rings is 1. The molecule has 5 heteroatoms. The smallest absolute Gasteiger partial charge is 0.114 e. The summed E-state index contributed by atoms with van der Waals surface area (Å²) in [4.78, 5) is 7.56. The molecule has 0 spiro atoms. The molecule has 0 aromatic heterocycles. The molecule has 1 fully saturated rings. The summed E-state index contributed by atoms with van der Waals surface area (Å²) in [5, 5.41) is 3.44. The molecule has 4 rings (SSSR count). The lowest BCUT2D eigenvalue weighted by Crippen LogP contribution is -2.58. The van der Waals surface area contributed by atoms with Gasteiger partial charge in [-0.3, -0.25) is 9.80 Å². The second-order valence-electron chi connectivity index (χ2n) is 9.49. The van der Waals surface area contributed by atoms with Gasteiger partial charge in [0.15, 0.2) is 0 Å². The lowest BCUT2D eigenvalue weighted by molar-refractivity contribution is 0.111. The van der Waals surface area contributed by atoms with Crippen LogP contribution in [0.4, 0.5) is 5.69 Å². The highest BCUT2D eigenvalue weighted by atomic mass is 15.4. The molecule has 5 atom stereocenters. The standard InChI is InChI=1S/C22H35BN4/c1-7-24-12-25(6)11-22(5)15(3)20-18(22)8-19-17(21(20)23)10-26-13-27(19)9-14(2)16(26)4/h8,14-16,24H,7,9-13H2,1-6H3. The Bertz CT molecular complexity index is 736. The molecule has 2 heterocycles. The fraction of sp³-hybridized carbons (Fsp3) is 0.727. The number of likely N-dealkylation sites (N-methyl/N-ethyl adjacent to an activating group) is 1. The molecule has 1 aromatic carbocycles. The summed E-state index contributed by atoms with van der Waals surface area (Å²) in [6, 6.07) is 3.12. The van der Waals surface area contributed by atoms with E-state index in [0.717, 1.165) is 45.0 Å². The highest BCUT2D eigenvalue weighted by Gasteiger charge is 2.48. The summed E-state index contributed by atoms with van der Waals surface area (Å²) in [6.07, 6.45) is 0. The van der Waals surface area contributed by atoms with Crippen LogP contribution in [0, 0.1) is 5.92 Å². The summed E-state index contributed by atoms with van der Waals surface area (Å²) in [6.45, 7) is 17.9. The van der Waals surface area contributed by atoms with E-state index in [1.807, 2.05) is 0 Å². The van der Waals surface area contributed by atoms with E-state index < -0.39 is 0 Å². The van der Waals surface area contributed by atoms with E-state index in [1.165, 1.54) is 22.4 Å². The van der Waals surface area contributed by atoms with Crippen molar-refractivity contribution in [2.75, 3.05) is 44.9 Å². The lowest BCUT2D eigenvalue weighted by atomic mass is 9.54. The first-order chi connectivity index (χ1) is 12.8. The van der Waals surface area contributed by atoms with E-state index in [-0.39, 0.29) is 5.41 Å². The molecule has 146 valence electrons. The minimum atomic E-state index is 0.175. The van der Waals surface area contributed by atoms with E-state index in [1.54, 1.807) is 0 Å². The summed E-state index contributed by atoms with van der Waals surface area (Å²) in [5.41, 5.74) is 6.90. The molecule has 1 saturated heterocycles. The predicted octanol–water partition coefficient (Wildman–Crippen LogP) is 1.97. The van der Waals surface area contributed by atoms with Gasteiger partial charge in [-0.25, -0.2) is 0 Å². The van der Waals surface area contributed by atoms with Crippen molar-refractivity contribution in [2.45, 2.75) is 58.5 Å². The zero-order chi connectivity index (χ0) is 19.5. The Hall–Kier alpha value is -1.04. The van der Waals surface area contributed by atoms with Gasteiger partial charge in [0.05, 0.1) is 6.67 Å². The van der Waals surface area contributed by atoms with Crippen LogP contribution >= 0.6 is 0 Å². The molecule has 2 aliphatic heterocycles. The van der Waals surface area contributed by atoms with Gasteiger partial charge in [0.2, 0.25) is 0 Å². The van der Waals surface area contributed by atoms with Crippen molar-refractivity contribution in [3.8, 4) is 0 Å². The van der Waals surface area contributed by atoms with Gasteiger partial charge in [0.1, 0.15) is 7.85 Å². The van der Waals surface area contributed by atoms with Crippen molar-refractivity contribution in [1.29, 1.82) is 0 Å². The quantitative estimate of drug-likeness (QED) is 0.635. The second kappa shape index (κ2) is 6.79. The molecule has 1 aromatic rings. The van der Waals surface area contributed by atoms with Crippen LogP contribution in [0.1, 0.15) is 57.2 Å². The highest BCUT2D eigenvalue weighted by Crippen LogP contribution is 2.53. The lowest BCUT2D eigenvalue weighted by Gasteiger charge is -2.55. The summed E-state index contributed by atoms with van der Waals surface area (Å²) >= 11 is 0. The minimum Gasteiger partial charge on any atom is -0.358 e. The maximum atomic E-state index is 6.78. The second-order valence-corrected chi connectivity index (χ2v) is 9.49. The number of anilines is 1. The summed E-state index contributed by atoms with van der Waals surface area (Å²) in [7, 11) is 9.00. The number of hydrogen-bond acceptors (Lipinski definition) is 4. The third-order valence-corrected chi connectivity index (χ3v) is 7.69. The molecule has 3 aliphatic rings. The van der Waals surface area contributed by atoms with Gasteiger partial charge in [0.25, 0.3) is 0 Å². The van der Waals surface area contributed by atoms with Gasteiger partial charge in [-0.1, -0.05) is 33.2 Å². The Morgan fingerprint density at radius 2 is 2.07 bits per heavy atom. The Balaban J connectivity index is 1.68. The van der Waals surface area contributed by atoms with Gasteiger partial charge in [0, 0.05) is 43.4 Å². The molecule has 5 unspecified atom stereocenters. The molecule has 2 bridgehead atoms. The number of nitrogens with zero attached hydrogens (tertiary/aromatic N) is 3. The van der Waals surface area contributed by atoms with Crippen LogP contribution < -0.4 is 15.7 Å². The fourth-order valence-electron chi connectivity index (χ4n) is 5.59. The van der Waals surface area contributed by atoms with Gasteiger partial charge >= 0.3 is 0 Å². The molecule has 0 saturated carbocycles. The van der Waals surface area contributed by atoms with Crippen LogP contribution in [0.5, 0.6) is 0 Å². The van der Waals surface area contributed by atoms with Crippen molar-refractivity contribution < 1.29 is 0 Å². The van der Waals surface area contributed by atoms with E-state index in [9.17, 15) is 0 Å². The maximum Gasteiger partial charge on any atom is 0.114 e. The molecular formula is C22H35BN4. The van der Waals surface area contributed by atoms with Crippen LogP contribution in [0.25, 0.3) is 0 Å². The molecular weight excluding hydrogens is 331 g/mol. The van der Waals surface area contributed by atoms with Gasteiger partial charge in [-0.15, -0.1) is 0 Å². The third kappa shape index (κ3) is 2.85. The van der Waals surface area contributed by atoms with Gasteiger partial charge < -0.3 is 10.2 Å². The monoisotopic (exact) mass is 366 g/mol. The number of fused-ring (bicyclic) bond motifs is 5. The minimum absolute atomic E-state index is 0.175. The number of rotatable bonds is 5. The van der Waals surface area contributed by atoms with Crippen LogP contribution in [-0.4, -0.2) is 63.7 Å². The van der Waals surface area contributed by atoms with Crippen molar-refractivity contribution in [2.24, 2.45) is 5.92 Å². The van der Waals surface area contributed by atoms with Gasteiger partial charge in [-0.05, 0) is 55.1 Å². The molecule has 4 nitrogen and oxygen atoms in total. The van der Waals surface area contributed by atoms with Crippen LogP contribution in [-0.2, 0) is 12.0 Å². The Morgan fingerprint density at radius 1 is 1.33 bits per heavy atom. The van der Waals surface area contributed by atoms with Crippen molar-refractivity contribution in [3.63, 3.8) is 0 Å². The first-order valence-corrected chi connectivity index (χ1v) is 10.6. The number of nitrogens with one attached hydrogen (secondary N) is 1. The predicted molar refractivity (Wildman–Crippen MR) is 115 cm³/mol. The molecule has 0 amide bonds. The molecule has 2 radical (unpaired) electrons. The van der Waals surface area contributed by atoms with Crippen LogP contribution in [0.15, 0.2) is 6.07 Å². The topological polar surface area (TPSA) is 21.8 Å². The normalized spacial score (nSPS) is 34.3. The van der Waals surface area contributed by atoms with Crippen molar-refractivity contribution >= 4 is 19.0 Å². The first kappa shape index (κ1) is 19.3. The zero-order valence-corrected chi connectivity index (χ0v) is 18.0. The average molecular weight is 366 g/mol. The van der Waals surface area contributed by atoms with E-state index in [2.05, 4.69) is 67.7 Å². The molecule has 1 N–H and O–H groups in total. The van der Waals surface area contributed by atoms with E-state index >= 15 is 0 Å². The molecule has 1 aliphatic carbocycles. The highest BCUT2D eigenvalue weighted by molar-refractivity contribution is 6.35. The van der Waals surface area contributed by atoms with Crippen molar-refractivity contribution in [3.05, 3.63) is 22.8 Å². The first-order valence-electron chi connectivity index (χ1n) is 10.6. The summed E-state index contributed by atoms with van der Waals surface area (Å²) in [5.74, 6) is 1.20. The largest absolute Gasteiger partial charge is 0.358 e. The zero-order valence-electron chi connectivity index (χ0n) is 18.0. The Morgan fingerprint density at radius 3 is 2.78 bits per heavy atom. The Kier molecular flexibility index (Phi) is 4.85. The third-order valence-electron chi connectivity index (χ3n) is 7.69. The maximum absolute atomic E-state index is 6.78. The van der Waals surface area contributed by atoms with Gasteiger partial charge in [-0.2, -0.15) is 0 Å². The summed E-state index contributed by atoms with van der Waals surface area (Å²) < 4.78 is 0. The van der Waals surface area contributed by atoms with Crippen molar-refractivity contribution in [1.82, 2.24) is 15.1 Å². The fourth-order valence-corrected chi connectivity index (χ4v) is 5.59.